The van der Waals surface area contributed by atoms with Crippen molar-refractivity contribution in [2.45, 2.75) is 32.4 Å². The molecule has 3 aromatic rings. The molecular weight excluding hydrogens is 336 g/mol. The van der Waals surface area contributed by atoms with Crippen LogP contribution in [0.2, 0.25) is 0 Å². The topological polar surface area (TPSA) is 64.2 Å². The summed E-state index contributed by atoms with van der Waals surface area (Å²) in [5.74, 6) is -0.0386. The van der Waals surface area contributed by atoms with E-state index in [-0.39, 0.29) is 5.91 Å². The van der Waals surface area contributed by atoms with Gasteiger partial charge in [-0.25, -0.2) is 4.68 Å². The van der Waals surface area contributed by atoms with E-state index in [0.29, 0.717) is 13.0 Å². The number of para-hydroxylation sites is 1. The van der Waals surface area contributed by atoms with Gasteiger partial charge in [0, 0.05) is 30.9 Å². The number of rotatable bonds is 7. The van der Waals surface area contributed by atoms with Crippen LogP contribution in [0.3, 0.4) is 0 Å². The minimum Gasteiger partial charge on any atom is -0.340 e. The van der Waals surface area contributed by atoms with Crippen LogP contribution < -0.4 is 5.73 Å². The number of benzene rings is 2. The molecule has 0 saturated carbocycles. The molecule has 5 heteroatoms. The Morgan fingerprint density at radius 1 is 1.11 bits per heavy atom. The Balaban J connectivity index is 1.93. The summed E-state index contributed by atoms with van der Waals surface area (Å²) < 4.78 is 1.86. The zero-order valence-corrected chi connectivity index (χ0v) is 15.9. The van der Waals surface area contributed by atoms with E-state index in [2.05, 4.69) is 0 Å². The van der Waals surface area contributed by atoms with Crippen LogP contribution in [0.15, 0.2) is 66.9 Å². The van der Waals surface area contributed by atoms with Gasteiger partial charge in [0.25, 0.3) is 0 Å². The molecule has 5 nitrogen and oxygen atoms in total. The SMILES string of the molecule is CCCC(N)C(=O)N(C)Cc1cn(-c2ccccc2)nc1-c1ccccc1. The summed E-state index contributed by atoms with van der Waals surface area (Å²) in [7, 11) is 1.80. The Morgan fingerprint density at radius 2 is 1.74 bits per heavy atom. The van der Waals surface area contributed by atoms with Crippen molar-refractivity contribution in [2.75, 3.05) is 7.05 Å². The lowest BCUT2D eigenvalue weighted by atomic mass is 10.1. The summed E-state index contributed by atoms with van der Waals surface area (Å²) in [6.07, 6.45) is 3.58. The number of nitrogens with zero attached hydrogens (tertiary/aromatic N) is 3. The van der Waals surface area contributed by atoms with Crippen LogP contribution in [0.4, 0.5) is 0 Å². The predicted octanol–water partition coefficient (Wildman–Crippen LogP) is 3.63. The molecule has 0 aliphatic carbocycles. The Morgan fingerprint density at radius 3 is 2.37 bits per heavy atom. The molecule has 1 unspecified atom stereocenters. The zero-order chi connectivity index (χ0) is 19.2. The molecule has 0 fully saturated rings. The van der Waals surface area contributed by atoms with Gasteiger partial charge in [-0.1, -0.05) is 61.9 Å². The molecule has 2 N–H and O–H groups in total. The molecule has 0 aliphatic rings. The van der Waals surface area contributed by atoms with E-state index in [0.717, 1.165) is 28.9 Å². The van der Waals surface area contributed by atoms with Crippen LogP contribution in [-0.4, -0.2) is 33.7 Å². The molecule has 1 heterocycles. The highest BCUT2D eigenvalue weighted by atomic mass is 16.2. The fourth-order valence-electron chi connectivity index (χ4n) is 3.13. The summed E-state index contributed by atoms with van der Waals surface area (Å²) in [6, 6.07) is 19.6. The lowest BCUT2D eigenvalue weighted by molar-refractivity contribution is -0.131. The first kappa shape index (κ1) is 18.9. The van der Waals surface area contributed by atoms with Gasteiger partial charge in [0.2, 0.25) is 5.91 Å². The maximum Gasteiger partial charge on any atom is 0.239 e. The van der Waals surface area contributed by atoms with Gasteiger partial charge < -0.3 is 10.6 Å². The highest BCUT2D eigenvalue weighted by Crippen LogP contribution is 2.24. The van der Waals surface area contributed by atoms with Crippen molar-refractivity contribution in [1.29, 1.82) is 0 Å². The smallest absolute Gasteiger partial charge is 0.239 e. The fourth-order valence-corrected chi connectivity index (χ4v) is 3.13. The second kappa shape index (κ2) is 8.64. The van der Waals surface area contributed by atoms with Crippen molar-refractivity contribution in [1.82, 2.24) is 14.7 Å². The van der Waals surface area contributed by atoms with Gasteiger partial charge in [0.05, 0.1) is 17.4 Å². The number of nitrogens with two attached hydrogens (primary N) is 1. The molecule has 27 heavy (non-hydrogen) atoms. The lowest BCUT2D eigenvalue weighted by Crippen LogP contribution is -2.41. The summed E-state index contributed by atoms with van der Waals surface area (Å²) in [6.45, 7) is 2.50. The van der Waals surface area contributed by atoms with Crippen molar-refractivity contribution in [2.24, 2.45) is 5.73 Å². The summed E-state index contributed by atoms with van der Waals surface area (Å²) in [5, 5.41) is 4.79. The van der Waals surface area contributed by atoms with Gasteiger partial charge in [-0.2, -0.15) is 5.10 Å². The second-order valence-corrected chi connectivity index (χ2v) is 6.74. The monoisotopic (exact) mass is 362 g/mol. The highest BCUT2D eigenvalue weighted by molar-refractivity contribution is 5.81. The molecule has 0 saturated heterocycles. The van der Waals surface area contributed by atoms with Crippen molar-refractivity contribution >= 4 is 5.91 Å². The van der Waals surface area contributed by atoms with Crippen LogP contribution in [0, 0.1) is 0 Å². The minimum atomic E-state index is -0.454. The normalized spacial score (nSPS) is 12.0. The maximum atomic E-state index is 12.5. The molecule has 0 spiro atoms. The predicted molar refractivity (Wildman–Crippen MR) is 108 cm³/mol. The van der Waals surface area contributed by atoms with E-state index < -0.39 is 6.04 Å². The number of hydrogen-bond acceptors (Lipinski definition) is 3. The molecule has 0 radical (unpaired) electrons. The number of amides is 1. The van der Waals surface area contributed by atoms with Gasteiger partial charge >= 0.3 is 0 Å². The van der Waals surface area contributed by atoms with Crippen molar-refractivity contribution in [3.63, 3.8) is 0 Å². The largest absolute Gasteiger partial charge is 0.340 e. The van der Waals surface area contributed by atoms with Crippen LogP contribution in [0.1, 0.15) is 25.3 Å². The Hall–Kier alpha value is -2.92. The Labute approximate surface area is 160 Å². The number of carbonyl (C=O) groups is 1. The molecule has 0 aliphatic heterocycles. The zero-order valence-electron chi connectivity index (χ0n) is 15.9. The van der Waals surface area contributed by atoms with Gasteiger partial charge in [0.15, 0.2) is 0 Å². The van der Waals surface area contributed by atoms with Gasteiger partial charge in [-0.3, -0.25) is 4.79 Å². The quantitative estimate of drug-likeness (QED) is 0.698. The molecule has 3 rings (SSSR count). The maximum absolute atomic E-state index is 12.5. The first-order valence-electron chi connectivity index (χ1n) is 9.30. The summed E-state index contributed by atoms with van der Waals surface area (Å²) in [4.78, 5) is 14.2. The molecule has 140 valence electrons. The number of hydrogen-bond donors (Lipinski definition) is 1. The van der Waals surface area contributed by atoms with Crippen molar-refractivity contribution < 1.29 is 4.79 Å². The Kier molecular flexibility index (Phi) is 6.04. The van der Waals surface area contributed by atoms with Crippen LogP contribution in [-0.2, 0) is 11.3 Å². The molecule has 1 aromatic heterocycles. The number of aromatic nitrogens is 2. The summed E-state index contributed by atoms with van der Waals surface area (Å²) >= 11 is 0. The van der Waals surface area contributed by atoms with Crippen LogP contribution in [0.5, 0.6) is 0 Å². The molecule has 1 atom stereocenters. The first-order chi connectivity index (χ1) is 13.1. The highest BCUT2D eigenvalue weighted by Gasteiger charge is 2.20. The van der Waals surface area contributed by atoms with Gasteiger partial charge in [-0.05, 0) is 18.6 Å². The van der Waals surface area contributed by atoms with E-state index in [9.17, 15) is 4.79 Å². The third kappa shape index (κ3) is 4.44. The van der Waals surface area contributed by atoms with Crippen molar-refractivity contribution in [3.05, 3.63) is 72.4 Å². The third-order valence-corrected chi connectivity index (χ3v) is 4.56. The van der Waals surface area contributed by atoms with E-state index in [1.807, 2.05) is 78.5 Å². The van der Waals surface area contributed by atoms with E-state index in [4.69, 9.17) is 10.8 Å². The number of likely N-dealkylation sites (N-methyl/N-ethyl adjacent to an activating group) is 1. The first-order valence-corrected chi connectivity index (χ1v) is 9.30. The van der Waals surface area contributed by atoms with Crippen LogP contribution in [0.25, 0.3) is 16.9 Å². The average molecular weight is 362 g/mol. The van der Waals surface area contributed by atoms with E-state index >= 15 is 0 Å². The second-order valence-electron chi connectivity index (χ2n) is 6.74. The van der Waals surface area contributed by atoms with Gasteiger partial charge in [0.1, 0.15) is 0 Å². The molecule has 2 aromatic carbocycles. The molecule has 1 amide bonds. The van der Waals surface area contributed by atoms with E-state index in [1.165, 1.54) is 0 Å². The Bertz CT molecular complexity index is 874. The minimum absolute atomic E-state index is 0.0386. The number of carbonyl (C=O) groups excluding carboxylic acids is 1. The van der Waals surface area contributed by atoms with Gasteiger partial charge in [-0.15, -0.1) is 0 Å². The standard InChI is InChI=1S/C22H26N4O/c1-3-10-20(23)22(27)25(2)15-18-16-26(19-13-8-5-9-14-19)24-21(18)17-11-6-4-7-12-17/h4-9,11-14,16,20H,3,10,15,23H2,1-2H3. The third-order valence-electron chi connectivity index (χ3n) is 4.56. The van der Waals surface area contributed by atoms with Crippen molar-refractivity contribution in [3.8, 4) is 16.9 Å². The molecule has 0 bridgehead atoms. The van der Waals surface area contributed by atoms with E-state index in [1.54, 1.807) is 11.9 Å². The average Bonchev–Trinajstić information content (AvgIpc) is 3.12. The fraction of sp³-hybridized carbons (Fsp3) is 0.273. The summed E-state index contributed by atoms with van der Waals surface area (Å²) in [5.41, 5.74) is 9.90. The van der Waals surface area contributed by atoms with Crippen LogP contribution >= 0.6 is 0 Å². The lowest BCUT2D eigenvalue weighted by Gasteiger charge is -2.21. The molecular formula is C22H26N4O.